The number of hydrogen-bond acceptors (Lipinski definition) is 6. The summed E-state index contributed by atoms with van der Waals surface area (Å²) in [7, 11) is 6.20. The van der Waals surface area contributed by atoms with Crippen molar-refractivity contribution in [2.45, 2.75) is 25.4 Å². The van der Waals surface area contributed by atoms with Gasteiger partial charge in [-0.2, -0.15) is 0 Å². The molecule has 0 aromatic carbocycles. The zero-order valence-corrected chi connectivity index (χ0v) is 15.0. The minimum Gasteiger partial charge on any atom is -0.356 e. The molecule has 2 N–H and O–H groups in total. The highest BCUT2D eigenvalue weighted by molar-refractivity contribution is 5.87. The molecule has 0 aliphatic heterocycles. The summed E-state index contributed by atoms with van der Waals surface area (Å²) in [6, 6.07) is 0. The molecule has 2 amide bonds. The van der Waals surface area contributed by atoms with Gasteiger partial charge < -0.3 is 29.6 Å². The molecule has 0 heterocycles. The lowest BCUT2D eigenvalue weighted by Gasteiger charge is -2.12. The number of methoxy groups -OCH3 is 4. The molecular weight excluding hydrogens is 316 g/mol. The first-order chi connectivity index (χ1) is 11.5. The van der Waals surface area contributed by atoms with Gasteiger partial charge in [-0.25, -0.2) is 0 Å². The Labute approximate surface area is 144 Å². The van der Waals surface area contributed by atoms with Gasteiger partial charge in [-0.1, -0.05) is 13.2 Å². The zero-order chi connectivity index (χ0) is 18.8. The lowest BCUT2D eigenvalue weighted by atomic mass is 10.3. The molecule has 0 aromatic heterocycles. The van der Waals surface area contributed by atoms with Gasteiger partial charge in [0.15, 0.2) is 12.6 Å². The second-order valence-corrected chi connectivity index (χ2v) is 4.39. The minimum absolute atomic E-state index is 0.147. The molecule has 0 rings (SSSR count). The van der Waals surface area contributed by atoms with E-state index in [0.29, 0.717) is 13.1 Å². The van der Waals surface area contributed by atoms with Crippen molar-refractivity contribution >= 4 is 11.8 Å². The normalized spacial score (nSPS) is 9.92. The molecule has 140 valence electrons. The molecule has 0 aliphatic carbocycles. The first kappa shape index (κ1) is 24.5. The van der Waals surface area contributed by atoms with E-state index in [9.17, 15) is 9.59 Å². The smallest absolute Gasteiger partial charge is 0.243 e. The van der Waals surface area contributed by atoms with Gasteiger partial charge in [0, 0.05) is 41.4 Å². The highest BCUT2D eigenvalue weighted by Gasteiger charge is 2.05. The zero-order valence-electron chi connectivity index (χ0n) is 15.0. The second-order valence-electron chi connectivity index (χ2n) is 4.39. The molecule has 0 aliphatic rings. The summed E-state index contributed by atoms with van der Waals surface area (Å²) in [6.07, 6.45) is 3.47. The van der Waals surface area contributed by atoms with Gasteiger partial charge >= 0.3 is 0 Å². The monoisotopic (exact) mass is 346 g/mol. The Bertz CT molecular complexity index is 354. The molecule has 8 heteroatoms. The molecule has 0 spiro atoms. The highest BCUT2D eigenvalue weighted by Crippen LogP contribution is 2.00. The second kappa shape index (κ2) is 17.6. The van der Waals surface area contributed by atoms with E-state index in [0.717, 1.165) is 12.8 Å². The molecule has 0 atom stereocenters. The van der Waals surface area contributed by atoms with Gasteiger partial charge in [-0.3, -0.25) is 9.59 Å². The number of carbonyl (C=O) groups is 2. The molecule has 8 nitrogen and oxygen atoms in total. The molecule has 0 radical (unpaired) electrons. The van der Waals surface area contributed by atoms with Crippen LogP contribution >= 0.6 is 0 Å². The molecule has 0 aromatic rings. The van der Waals surface area contributed by atoms with Crippen molar-refractivity contribution in [3.8, 4) is 0 Å². The van der Waals surface area contributed by atoms with Crippen molar-refractivity contribution in [2.24, 2.45) is 0 Å². The van der Waals surface area contributed by atoms with Gasteiger partial charge in [-0.15, -0.1) is 0 Å². The largest absolute Gasteiger partial charge is 0.356 e. The number of ether oxygens (including phenoxy) is 4. The standard InChI is InChI=1S/C9H17NO3.C7H13NO3/c1-4-8(11)10-7-5-6-9(12-2)13-3;1-4-6(9)8-5-7(10-2)11-3/h4,9H,1,5-7H2,2-3H3,(H,10,11);4,7H,1,5H2,2-3H3,(H,8,9). The van der Waals surface area contributed by atoms with Crippen molar-refractivity contribution < 1.29 is 28.5 Å². The summed E-state index contributed by atoms with van der Waals surface area (Å²) in [5.41, 5.74) is 0. The van der Waals surface area contributed by atoms with E-state index in [1.807, 2.05) is 0 Å². The van der Waals surface area contributed by atoms with Crippen LogP contribution in [0.3, 0.4) is 0 Å². The topological polar surface area (TPSA) is 95.1 Å². The molecular formula is C16H30N2O6. The third-order valence-corrected chi connectivity index (χ3v) is 2.78. The predicted octanol–water partition coefficient (Wildman–Crippen LogP) is 0.595. The Balaban J connectivity index is 0. The average molecular weight is 346 g/mol. The molecule has 24 heavy (non-hydrogen) atoms. The third-order valence-electron chi connectivity index (χ3n) is 2.78. The van der Waals surface area contributed by atoms with Crippen LogP contribution in [0.2, 0.25) is 0 Å². The Morgan fingerprint density at radius 3 is 1.75 bits per heavy atom. The van der Waals surface area contributed by atoms with Gasteiger partial charge in [0.1, 0.15) is 0 Å². The Hall–Kier alpha value is -1.74. The lowest BCUT2D eigenvalue weighted by Crippen LogP contribution is -2.32. The van der Waals surface area contributed by atoms with Crippen LogP contribution in [-0.4, -0.2) is 65.9 Å². The van der Waals surface area contributed by atoms with E-state index in [1.54, 1.807) is 14.2 Å². The molecule has 0 saturated carbocycles. The SMILES string of the molecule is C=CC(=O)NCC(OC)OC.C=CC(=O)NCCCC(OC)OC. The maximum absolute atomic E-state index is 10.7. The van der Waals surface area contributed by atoms with E-state index in [4.69, 9.17) is 18.9 Å². The van der Waals surface area contributed by atoms with Crippen molar-refractivity contribution in [2.75, 3.05) is 41.5 Å². The fourth-order valence-corrected chi connectivity index (χ4v) is 1.40. The Morgan fingerprint density at radius 2 is 1.33 bits per heavy atom. The van der Waals surface area contributed by atoms with Crippen molar-refractivity contribution in [3.63, 3.8) is 0 Å². The first-order valence-electron chi connectivity index (χ1n) is 7.40. The maximum atomic E-state index is 10.7. The van der Waals surface area contributed by atoms with Crippen LogP contribution in [0.15, 0.2) is 25.3 Å². The van der Waals surface area contributed by atoms with Gasteiger partial charge in [0.05, 0.1) is 6.54 Å². The number of amides is 2. The van der Waals surface area contributed by atoms with E-state index in [1.165, 1.54) is 26.4 Å². The summed E-state index contributed by atoms with van der Waals surface area (Å²) in [5.74, 6) is -0.379. The van der Waals surface area contributed by atoms with E-state index in [-0.39, 0.29) is 24.4 Å². The van der Waals surface area contributed by atoms with Gasteiger partial charge in [0.25, 0.3) is 0 Å². The lowest BCUT2D eigenvalue weighted by molar-refractivity contribution is -0.123. The van der Waals surface area contributed by atoms with Crippen LogP contribution in [0.5, 0.6) is 0 Å². The maximum Gasteiger partial charge on any atom is 0.243 e. The van der Waals surface area contributed by atoms with E-state index < -0.39 is 0 Å². The Kier molecular flexibility index (Phi) is 18.0. The predicted molar refractivity (Wildman–Crippen MR) is 91.3 cm³/mol. The molecule has 0 bridgehead atoms. The van der Waals surface area contributed by atoms with Crippen molar-refractivity contribution in [1.82, 2.24) is 10.6 Å². The summed E-state index contributed by atoms with van der Waals surface area (Å²) >= 11 is 0. The Morgan fingerprint density at radius 1 is 0.875 bits per heavy atom. The molecule has 0 fully saturated rings. The summed E-state index contributed by atoms with van der Waals surface area (Å²) in [4.78, 5) is 21.3. The third kappa shape index (κ3) is 15.2. The van der Waals surface area contributed by atoms with Crippen molar-refractivity contribution in [3.05, 3.63) is 25.3 Å². The fourth-order valence-electron chi connectivity index (χ4n) is 1.40. The van der Waals surface area contributed by atoms with Crippen LogP contribution in [0.4, 0.5) is 0 Å². The van der Waals surface area contributed by atoms with Crippen LogP contribution in [0.1, 0.15) is 12.8 Å². The summed E-state index contributed by atoms with van der Waals surface area (Å²) in [6.45, 7) is 7.59. The van der Waals surface area contributed by atoms with Crippen LogP contribution in [-0.2, 0) is 28.5 Å². The van der Waals surface area contributed by atoms with Crippen LogP contribution < -0.4 is 10.6 Å². The highest BCUT2D eigenvalue weighted by atomic mass is 16.7. The molecule has 0 unspecified atom stereocenters. The van der Waals surface area contributed by atoms with Crippen molar-refractivity contribution in [1.29, 1.82) is 0 Å². The van der Waals surface area contributed by atoms with Gasteiger partial charge in [0.2, 0.25) is 11.8 Å². The average Bonchev–Trinajstić information content (AvgIpc) is 2.62. The van der Waals surface area contributed by atoms with E-state index >= 15 is 0 Å². The fraction of sp³-hybridized carbons (Fsp3) is 0.625. The van der Waals surface area contributed by atoms with Crippen LogP contribution in [0, 0.1) is 0 Å². The number of rotatable bonds is 12. The number of hydrogen-bond donors (Lipinski definition) is 2. The number of nitrogens with one attached hydrogen (secondary N) is 2. The van der Waals surface area contributed by atoms with Crippen LogP contribution in [0.25, 0.3) is 0 Å². The minimum atomic E-state index is -0.390. The first-order valence-corrected chi connectivity index (χ1v) is 7.40. The number of carbonyl (C=O) groups excluding carboxylic acids is 2. The summed E-state index contributed by atoms with van der Waals surface area (Å²) < 4.78 is 19.6. The quantitative estimate of drug-likeness (QED) is 0.305. The molecule has 0 saturated heterocycles. The summed E-state index contributed by atoms with van der Waals surface area (Å²) in [5, 5.41) is 5.20. The van der Waals surface area contributed by atoms with Gasteiger partial charge in [-0.05, 0) is 18.6 Å². The van der Waals surface area contributed by atoms with E-state index in [2.05, 4.69) is 23.8 Å².